The van der Waals surface area contributed by atoms with Gasteiger partial charge < -0.3 is 0 Å². The quantitative estimate of drug-likeness (QED) is 0.612. The Balaban J connectivity index is 3.63. The molecule has 6 heteroatoms. The number of hydrogen-bond acceptors (Lipinski definition) is 6. The first kappa shape index (κ1) is 20.1. The normalized spacial score (nSPS) is 28.2. The van der Waals surface area contributed by atoms with E-state index >= 15 is 0 Å². The Morgan fingerprint density at radius 2 is 0.875 bits per heavy atom. The van der Waals surface area contributed by atoms with Gasteiger partial charge in [-0.2, -0.15) is 0 Å². The third-order valence-electron chi connectivity index (χ3n) is 4.37. The number of Topliss-reactive ketones (excluding diaryl/α,β-unsaturated/α-hetero) is 4. The van der Waals surface area contributed by atoms with Crippen molar-refractivity contribution in [2.45, 2.75) is 51.9 Å². The maximum Gasteiger partial charge on any atom is 0.149 e. The summed E-state index contributed by atoms with van der Waals surface area (Å²) in [7, 11) is 0. The summed E-state index contributed by atoms with van der Waals surface area (Å²) in [5.74, 6) is -0.891. The van der Waals surface area contributed by atoms with Crippen molar-refractivity contribution in [2.75, 3.05) is 13.1 Å². The first-order valence-corrected chi connectivity index (χ1v) is 7.94. The molecule has 1 aliphatic heterocycles. The van der Waals surface area contributed by atoms with Crippen LogP contribution in [0.25, 0.3) is 0 Å². The topological polar surface area (TPSA) is 74.8 Å². The largest absolute Gasteiger partial charge is 0.298 e. The van der Waals surface area contributed by atoms with Crippen molar-refractivity contribution in [1.82, 2.24) is 9.80 Å². The summed E-state index contributed by atoms with van der Waals surface area (Å²) < 4.78 is 0. The van der Waals surface area contributed by atoms with E-state index in [-0.39, 0.29) is 36.2 Å². The standard InChI is InChI=1S/C18H26N2O4/c1-7-9-19-15(11(3)21)17(13(5)23)20(10-8-2)18(14(6)24)16(19)12(4)22/h7-8,15-18H,1-2,9-10H2,3-6H3. The van der Waals surface area contributed by atoms with Crippen molar-refractivity contribution >= 4 is 23.1 Å². The van der Waals surface area contributed by atoms with Gasteiger partial charge in [0.1, 0.15) is 23.1 Å². The lowest BCUT2D eigenvalue weighted by molar-refractivity contribution is -0.155. The van der Waals surface area contributed by atoms with Crippen LogP contribution in [-0.4, -0.2) is 70.2 Å². The molecule has 4 atom stereocenters. The molecule has 0 saturated carbocycles. The molecule has 0 radical (unpaired) electrons. The minimum Gasteiger partial charge on any atom is -0.298 e. The van der Waals surface area contributed by atoms with Crippen molar-refractivity contribution in [2.24, 2.45) is 0 Å². The van der Waals surface area contributed by atoms with Crippen molar-refractivity contribution in [1.29, 1.82) is 0 Å². The van der Waals surface area contributed by atoms with Gasteiger partial charge in [-0.05, 0) is 27.7 Å². The van der Waals surface area contributed by atoms with Crippen molar-refractivity contribution < 1.29 is 19.2 Å². The highest BCUT2D eigenvalue weighted by Crippen LogP contribution is 2.29. The summed E-state index contributed by atoms with van der Waals surface area (Å²) in [5, 5.41) is 0. The summed E-state index contributed by atoms with van der Waals surface area (Å²) in [6, 6.07) is -3.20. The molecular formula is C18H26N2O4. The second kappa shape index (κ2) is 8.26. The molecule has 1 rings (SSSR count). The van der Waals surface area contributed by atoms with Crippen molar-refractivity contribution in [3.8, 4) is 0 Å². The molecule has 1 heterocycles. The molecule has 6 nitrogen and oxygen atoms in total. The fourth-order valence-corrected chi connectivity index (χ4v) is 3.65. The van der Waals surface area contributed by atoms with Gasteiger partial charge in [0, 0.05) is 13.1 Å². The molecule has 1 saturated heterocycles. The van der Waals surface area contributed by atoms with E-state index < -0.39 is 24.2 Å². The maximum atomic E-state index is 12.3. The smallest absolute Gasteiger partial charge is 0.149 e. The Kier molecular flexibility index (Phi) is 6.93. The highest BCUT2D eigenvalue weighted by molar-refractivity contribution is 5.98. The predicted molar refractivity (Wildman–Crippen MR) is 91.7 cm³/mol. The molecule has 0 aliphatic carbocycles. The molecule has 1 aliphatic rings. The first-order valence-electron chi connectivity index (χ1n) is 7.94. The Labute approximate surface area is 143 Å². The molecule has 0 bridgehead atoms. The van der Waals surface area contributed by atoms with Crippen LogP contribution in [0.5, 0.6) is 0 Å². The van der Waals surface area contributed by atoms with E-state index in [9.17, 15) is 19.2 Å². The lowest BCUT2D eigenvalue weighted by Crippen LogP contribution is -2.74. The van der Waals surface area contributed by atoms with Gasteiger partial charge in [0.05, 0.1) is 24.2 Å². The number of carbonyl (C=O) groups excluding carboxylic acids is 4. The van der Waals surface area contributed by atoms with Gasteiger partial charge in [0.25, 0.3) is 0 Å². The maximum absolute atomic E-state index is 12.3. The van der Waals surface area contributed by atoms with Crippen LogP contribution in [0.4, 0.5) is 0 Å². The fourth-order valence-electron chi connectivity index (χ4n) is 3.65. The Hall–Kier alpha value is -1.92. The summed E-state index contributed by atoms with van der Waals surface area (Å²) in [6.07, 6.45) is 3.15. The average molecular weight is 334 g/mol. The lowest BCUT2D eigenvalue weighted by Gasteiger charge is -2.52. The van der Waals surface area contributed by atoms with E-state index in [1.54, 1.807) is 22.0 Å². The highest BCUT2D eigenvalue weighted by atomic mass is 16.2. The number of rotatable bonds is 8. The number of piperazine rings is 1. The minimum absolute atomic E-state index is 0.223. The van der Waals surface area contributed by atoms with E-state index in [4.69, 9.17) is 0 Å². The van der Waals surface area contributed by atoms with Crippen LogP contribution in [0, 0.1) is 0 Å². The Morgan fingerprint density at radius 1 is 0.667 bits per heavy atom. The molecule has 0 spiro atoms. The van der Waals surface area contributed by atoms with Crippen LogP contribution >= 0.6 is 0 Å². The van der Waals surface area contributed by atoms with Gasteiger partial charge in [-0.15, -0.1) is 13.2 Å². The summed E-state index contributed by atoms with van der Waals surface area (Å²) >= 11 is 0. The van der Waals surface area contributed by atoms with Gasteiger partial charge in [0.2, 0.25) is 0 Å². The number of carbonyl (C=O) groups is 4. The number of hydrogen-bond donors (Lipinski definition) is 0. The van der Waals surface area contributed by atoms with E-state index in [0.717, 1.165) is 0 Å². The van der Waals surface area contributed by atoms with Gasteiger partial charge in [-0.25, -0.2) is 0 Å². The summed E-state index contributed by atoms with van der Waals surface area (Å²) in [5.41, 5.74) is 0. The lowest BCUT2D eigenvalue weighted by atomic mass is 9.84. The van der Waals surface area contributed by atoms with Crippen molar-refractivity contribution in [3.63, 3.8) is 0 Å². The van der Waals surface area contributed by atoms with Gasteiger partial charge in [-0.3, -0.25) is 29.0 Å². The molecule has 1 fully saturated rings. The van der Waals surface area contributed by atoms with E-state index in [1.165, 1.54) is 27.7 Å². The SMILES string of the molecule is C=CCN1C(C(C)=O)C(C(C)=O)N(CC=C)C(C(C)=O)C1C(C)=O. The van der Waals surface area contributed by atoms with Crippen LogP contribution < -0.4 is 0 Å². The fraction of sp³-hybridized carbons (Fsp3) is 0.556. The predicted octanol–water partition coefficient (Wildman–Crippen LogP) is 0.806. The first-order chi connectivity index (χ1) is 11.2. The third-order valence-corrected chi connectivity index (χ3v) is 4.37. The van der Waals surface area contributed by atoms with E-state index in [0.29, 0.717) is 0 Å². The second-order valence-corrected chi connectivity index (χ2v) is 6.19. The summed E-state index contributed by atoms with van der Waals surface area (Å²) in [4.78, 5) is 52.5. The minimum atomic E-state index is -0.801. The molecule has 0 aromatic carbocycles. The molecule has 0 aromatic heterocycles. The Bertz CT molecular complexity index is 479. The average Bonchev–Trinajstić information content (AvgIpc) is 2.46. The number of nitrogens with zero attached hydrogens (tertiary/aromatic N) is 2. The van der Waals surface area contributed by atoms with Crippen LogP contribution in [0.15, 0.2) is 25.3 Å². The molecule has 24 heavy (non-hydrogen) atoms. The van der Waals surface area contributed by atoms with Crippen molar-refractivity contribution in [3.05, 3.63) is 25.3 Å². The molecule has 4 unspecified atom stereocenters. The van der Waals surface area contributed by atoms with Gasteiger partial charge in [0.15, 0.2) is 0 Å². The molecule has 0 amide bonds. The molecular weight excluding hydrogens is 308 g/mol. The number of ketones is 4. The van der Waals surface area contributed by atoms with E-state index in [1.807, 2.05) is 0 Å². The second-order valence-electron chi connectivity index (χ2n) is 6.19. The van der Waals surface area contributed by atoms with Gasteiger partial charge >= 0.3 is 0 Å². The molecule has 0 aromatic rings. The van der Waals surface area contributed by atoms with Crippen LogP contribution in [0.1, 0.15) is 27.7 Å². The van der Waals surface area contributed by atoms with Crippen LogP contribution in [0.2, 0.25) is 0 Å². The van der Waals surface area contributed by atoms with Gasteiger partial charge in [-0.1, -0.05) is 12.2 Å². The van der Waals surface area contributed by atoms with E-state index in [2.05, 4.69) is 13.2 Å². The monoisotopic (exact) mass is 334 g/mol. The molecule has 132 valence electrons. The highest BCUT2D eigenvalue weighted by Gasteiger charge is 2.53. The third kappa shape index (κ3) is 3.76. The zero-order valence-corrected chi connectivity index (χ0v) is 14.8. The van der Waals surface area contributed by atoms with Crippen LogP contribution in [0.3, 0.4) is 0 Å². The molecule has 0 N–H and O–H groups in total. The zero-order valence-electron chi connectivity index (χ0n) is 14.8. The van der Waals surface area contributed by atoms with Crippen LogP contribution in [-0.2, 0) is 19.2 Å². The summed E-state index contributed by atoms with van der Waals surface area (Å²) in [6.45, 7) is 13.4. The zero-order chi connectivity index (χ0) is 18.6. The Morgan fingerprint density at radius 3 is 1.00 bits per heavy atom.